The first-order valence-electron chi connectivity index (χ1n) is 7.82. The number of amides is 1. The van der Waals surface area contributed by atoms with Crippen LogP contribution < -0.4 is 5.32 Å². The van der Waals surface area contributed by atoms with Gasteiger partial charge in [-0.15, -0.1) is 0 Å². The fourth-order valence-corrected chi connectivity index (χ4v) is 2.99. The fourth-order valence-electron chi connectivity index (χ4n) is 2.77. The lowest BCUT2D eigenvalue weighted by Crippen LogP contribution is -2.27. The predicted molar refractivity (Wildman–Crippen MR) is 97.0 cm³/mol. The van der Waals surface area contributed by atoms with Crippen LogP contribution in [0.1, 0.15) is 24.4 Å². The highest BCUT2D eigenvalue weighted by molar-refractivity contribution is 6.31. The zero-order valence-corrected chi connectivity index (χ0v) is 14.4. The minimum absolute atomic E-state index is 0.218. The molecular weight excluding hydrogens is 341 g/mol. The molecule has 0 aliphatic rings. The molecule has 6 heteroatoms. The Morgan fingerprint density at radius 2 is 2.12 bits per heavy atom. The molecule has 1 aromatic heterocycles. The van der Waals surface area contributed by atoms with Gasteiger partial charge in [0.05, 0.1) is 23.6 Å². The van der Waals surface area contributed by atoms with E-state index < -0.39 is 0 Å². The van der Waals surface area contributed by atoms with Gasteiger partial charge in [0.2, 0.25) is 5.91 Å². The largest absolute Gasteiger partial charge is 0.343 e. The molecule has 4 nitrogen and oxygen atoms in total. The minimum Gasteiger partial charge on any atom is -0.343 e. The van der Waals surface area contributed by atoms with Crippen molar-refractivity contribution in [2.24, 2.45) is 0 Å². The number of aromatic nitrogens is 2. The summed E-state index contributed by atoms with van der Waals surface area (Å²) in [5.41, 5.74) is 2.00. The number of hydrogen-bond donors (Lipinski definition) is 1. The van der Waals surface area contributed by atoms with Crippen molar-refractivity contribution in [3.63, 3.8) is 0 Å². The van der Waals surface area contributed by atoms with Crippen molar-refractivity contribution in [1.82, 2.24) is 14.9 Å². The maximum atomic E-state index is 14.2. The number of fused-ring (bicyclic) bond motifs is 1. The topological polar surface area (TPSA) is 46.9 Å². The lowest BCUT2D eigenvalue weighted by Gasteiger charge is -2.16. The van der Waals surface area contributed by atoms with Crippen molar-refractivity contribution >= 4 is 28.5 Å². The van der Waals surface area contributed by atoms with Gasteiger partial charge in [0.15, 0.2) is 0 Å². The van der Waals surface area contributed by atoms with E-state index in [4.69, 9.17) is 11.6 Å². The van der Waals surface area contributed by atoms with E-state index in [1.165, 1.54) is 12.1 Å². The molecule has 1 atom stereocenters. The number of carbonyl (C=O) groups excluding carboxylic acids is 1. The summed E-state index contributed by atoms with van der Waals surface area (Å²) in [5, 5.41) is 3.15. The van der Waals surface area contributed by atoms with Gasteiger partial charge in [-0.25, -0.2) is 9.37 Å². The van der Waals surface area contributed by atoms with Crippen LogP contribution in [0.3, 0.4) is 0 Å². The van der Waals surface area contributed by atoms with Crippen LogP contribution in [0, 0.1) is 5.82 Å². The van der Waals surface area contributed by atoms with E-state index in [1.54, 1.807) is 12.1 Å². The van der Waals surface area contributed by atoms with Crippen LogP contribution in [0.25, 0.3) is 11.0 Å². The van der Waals surface area contributed by atoms with E-state index in [2.05, 4.69) is 16.9 Å². The van der Waals surface area contributed by atoms with Gasteiger partial charge in [0, 0.05) is 10.6 Å². The van der Waals surface area contributed by atoms with Gasteiger partial charge in [-0.2, -0.15) is 0 Å². The van der Waals surface area contributed by atoms with E-state index in [9.17, 15) is 9.18 Å². The normalized spacial score (nSPS) is 12.1. The second kappa shape index (κ2) is 7.07. The van der Waals surface area contributed by atoms with Crippen molar-refractivity contribution in [3.05, 3.63) is 77.3 Å². The summed E-state index contributed by atoms with van der Waals surface area (Å²) in [6.07, 6.45) is 1.21. The number of para-hydroxylation sites is 2. The van der Waals surface area contributed by atoms with E-state index in [1.807, 2.05) is 35.8 Å². The van der Waals surface area contributed by atoms with Gasteiger partial charge >= 0.3 is 0 Å². The summed E-state index contributed by atoms with van der Waals surface area (Å²) in [7, 11) is 0. The molecule has 0 radical (unpaired) electrons. The third-order valence-electron chi connectivity index (χ3n) is 3.99. The summed E-state index contributed by atoms with van der Waals surface area (Å²) in [4.78, 5) is 16.2. The molecule has 0 aliphatic carbocycles. The van der Waals surface area contributed by atoms with Crippen LogP contribution in [0.2, 0.25) is 5.02 Å². The van der Waals surface area contributed by atoms with Gasteiger partial charge in [0.25, 0.3) is 0 Å². The smallest absolute Gasteiger partial charge is 0.243 e. The van der Waals surface area contributed by atoms with Crippen LogP contribution >= 0.6 is 11.6 Å². The molecule has 1 heterocycles. The molecule has 128 valence electrons. The maximum absolute atomic E-state index is 14.2. The number of rotatable bonds is 5. The zero-order valence-electron chi connectivity index (χ0n) is 13.7. The number of carbonyl (C=O) groups is 1. The zero-order chi connectivity index (χ0) is 18.0. The highest BCUT2D eigenvalue weighted by Gasteiger charge is 2.19. The number of nitrogens with one attached hydrogen (secondary N) is 1. The first-order chi connectivity index (χ1) is 12.0. The van der Waals surface area contributed by atoms with Crippen LogP contribution in [0.5, 0.6) is 0 Å². The minimum atomic E-state index is -0.376. The number of halogens is 2. The van der Waals surface area contributed by atoms with Crippen molar-refractivity contribution < 1.29 is 9.18 Å². The van der Waals surface area contributed by atoms with Gasteiger partial charge in [-0.3, -0.25) is 4.79 Å². The highest BCUT2D eigenvalue weighted by atomic mass is 35.5. The molecular formula is C19H17ClFN3O. The monoisotopic (exact) mass is 357 g/mol. The lowest BCUT2D eigenvalue weighted by molar-refractivity contribution is -0.117. The van der Waals surface area contributed by atoms with Crippen LogP contribution in [-0.4, -0.2) is 15.5 Å². The summed E-state index contributed by atoms with van der Waals surface area (Å²) in [6.45, 7) is 5.50. The Morgan fingerprint density at radius 3 is 2.84 bits per heavy atom. The van der Waals surface area contributed by atoms with E-state index in [0.717, 1.165) is 11.0 Å². The Hall–Kier alpha value is -2.66. The van der Waals surface area contributed by atoms with Gasteiger partial charge in [0.1, 0.15) is 11.6 Å². The Balaban J connectivity index is 2.10. The average molecular weight is 358 g/mol. The Labute approximate surface area is 149 Å². The summed E-state index contributed by atoms with van der Waals surface area (Å²) in [6, 6.07) is 11.8. The molecule has 0 spiro atoms. The summed E-state index contributed by atoms with van der Waals surface area (Å²) in [5.74, 6) is -0.0511. The molecule has 0 saturated heterocycles. The third-order valence-corrected chi connectivity index (χ3v) is 4.35. The summed E-state index contributed by atoms with van der Waals surface area (Å²) >= 11 is 6.18. The third kappa shape index (κ3) is 3.42. The molecule has 3 aromatic rings. The number of hydrogen-bond acceptors (Lipinski definition) is 2. The number of benzene rings is 2. The van der Waals surface area contributed by atoms with Crippen molar-refractivity contribution in [2.75, 3.05) is 0 Å². The molecule has 2 aromatic carbocycles. The average Bonchev–Trinajstić information content (AvgIpc) is 2.97. The van der Waals surface area contributed by atoms with Gasteiger partial charge < -0.3 is 9.88 Å². The number of nitrogens with zero attached hydrogens (tertiary/aromatic N) is 2. The van der Waals surface area contributed by atoms with Crippen LogP contribution in [0.15, 0.2) is 55.1 Å². The molecule has 0 bridgehead atoms. The van der Waals surface area contributed by atoms with Crippen molar-refractivity contribution in [2.45, 2.75) is 19.5 Å². The lowest BCUT2D eigenvalue weighted by atomic mass is 10.2. The Bertz CT molecular complexity index is 931. The van der Waals surface area contributed by atoms with E-state index >= 15 is 0 Å². The molecule has 1 unspecified atom stereocenters. The van der Waals surface area contributed by atoms with Crippen molar-refractivity contribution in [1.29, 1.82) is 0 Å². The Morgan fingerprint density at radius 1 is 1.36 bits per heavy atom. The summed E-state index contributed by atoms with van der Waals surface area (Å²) < 4.78 is 16.1. The first-order valence-corrected chi connectivity index (χ1v) is 8.20. The molecule has 3 rings (SSSR count). The molecule has 25 heavy (non-hydrogen) atoms. The standard InChI is InChI=1S/C19H17ClFN3O/c1-3-18(25)22-12(2)19-23-16-9-4-5-10-17(16)24(19)11-13-14(20)7-6-8-15(13)21/h3-10,12H,1,11H2,2H3,(H,22,25). The fraction of sp³-hybridized carbons (Fsp3) is 0.158. The molecule has 0 fully saturated rings. The first kappa shape index (κ1) is 17.2. The van der Waals surface area contributed by atoms with Gasteiger partial charge in [-0.1, -0.05) is 36.4 Å². The van der Waals surface area contributed by atoms with Crippen molar-refractivity contribution in [3.8, 4) is 0 Å². The van der Waals surface area contributed by atoms with Gasteiger partial charge in [-0.05, 0) is 37.3 Å². The van der Waals surface area contributed by atoms with E-state index in [-0.39, 0.29) is 24.3 Å². The molecule has 0 aliphatic heterocycles. The second-order valence-corrected chi connectivity index (χ2v) is 6.09. The number of imidazole rings is 1. The molecule has 0 saturated carbocycles. The van der Waals surface area contributed by atoms with Crippen LogP contribution in [0.4, 0.5) is 4.39 Å². The SMILES string of the molecule is C=CC(=O)NC(C)c1nc2ccccc2n1Cc1c(F)cccc1Cl. The quantitative estimate of drug-likeness (QED) is 0.694. The van der Waals surface area contributed by atoms with Crippen LogP contribution in [-0.2, 0) is 11.3 Å². The molecule has 1 amide bonds. The second-order valence-electron chi connectivity index (χ2n) is 5.68. The maximum Gasteiger partial charge on any atom is 0.243 e. The molecule has 1 N–H and O–H groups in total. The van der Waals surface area contributed by atoms with E-state index in [0.29, 0.717) is 16.4 Å². The highest BCUT2D eigenvalue weighted by Crippen LogP contribution is 2.26. The Kier molecular flexibility index (Phi) is 4.86. The predicted octanol–water partition coefficient (Wildman–Crippen LogP) is 4.24.